The Balaban J connectivity index is 1.85. The Bertz CT molecular complexity index is 498. The van der Waals surface area contributed by atoms with Crippen LogP contribution in [-0.2, 0) is 4.79 Å². The minimum atomic E-state index is -0.572. The third-order valence-electron chi connectivity index (χ3n) is 2.96. The summed E-state index contributed by atoms with van der Waals surface area (Å²) in [7, 11) is 0. The first-order chi connectivity index (χ1) is 9.19. The van der Waals surface area contributed by atoms with Crippen molar-refractivity contribution >= 4 is 5.91 Å². The van der Waals surface area contributed by atoms with Crippen LogP contribution in [0.1, 0.15) is 19.3 Å². The molecule has 0 aliphatic carbocycles. The highest BCUT2D eigenvalue weighted by Gasteiger charge is 2.27. The molecule has 0 N–H and O–H groups in total. The van der Waals surface area contributed by atoms with Gasteiger partial charge < -0.3 is 9.64 Å². The first-order valence-corrected chi connectivity index (χ1v) is 6.19. The molecule has 19 heavy (non-hydrogen) atoms. The molecule has 1 saturated heterocycles. The van der Waals surface area contributed by atoms with E-state index < -0.39 is 5.95 Å². The molecule has 1 unspecified atom stereocenters. The summed E-state index contributed by atoms with van der Waals surface area (Å²) in [6, 6.07) is 4.41. The SMILES string of the molecule is C#CCCC(=O)N1CCC(Oc2cccc(F)n2)C1. The number of hydrogen-bond donors (Lipinski definition) is 0. The van der Waals surface area contributed by atoms with Gasteiger partial charge in [0.05, 0.1) is 6.54 Å². The maximum absolute atomic E-state index is 12.9. The largest absolute Gasteiger partial charge is 0.472 e. The predicted molar refractivity (Wildman–Crippen MR) is 67.9 cm³/mol. The Morgan fingerprint density at radius 1 is 1.63 bits per heavy atom. The number of likely N-dealkylation sites (tertiary alicyclic amines) is 1. The molecule has 1 aromatic heterocycles. The molecule has 1 fully saturated rings. The van der Waals surface area contributed by atoms with Crippen molar-refractivity contribution in [3.05, 3.63) is 24.1 Å². The topological polar surface area (TPSA) is 42.4 Å². The van der Waals surface area contributed by atoms with E-state index in [1.807, 2.05) is 0 Å². The molecule has 1 aliphatic heterocycles. The zero-order chi connectivity index (χ0) is 13.7. The first-order valence-electron chi connectivity index (χ1n) is 6.19. The highest BCUT2D eigenvalue weighted by molar-refractivity contribution is 5.76. The quantitative estimate of drug-likeness (QED) is 0.611. The molecule has 0 spiro atoms. The number of nitrogens with zero attached hydrogens (tertiary/aromatic N) is 2. The molecule has 1 aromatic rings. The number of amides is 1. The van der Waals surface area contributed by atoms with Crippen molar-refractivity contribution < 1.29 is 13.9 Å². The van der Waals surface area contributed by atoms with E-state index in [1.54, 1.807) is 17.0 Å². The molecule has 1 amide bonds. The molecule has 0 bridgehead atoms. The number of ether oxygens (including phenoxy) is 1. The fourth-order valence-electron chi connectivity index (χ4n) is 2.01. The summed E-state index contributed by atoms with van der Waals surface area (Å²) in [5.41, 5.74) is 0. The van der Waals surface area contributed by atoms with Crippen molar-refractivity contribution in [1.29, 1.82) is 0 Å². The molecule has 5 heteroatoms. The molecule has 0 aromatic carbocycles. The zero-order valence-electron chi connectivity index (χ0n) is 10.5. The summed E-state index contributed by atoms with van der Waals surface area (Å²) in [6.45, 7) is 1.14. The van der Waals surface area contributed by atoms with Gasteiger partial charge in [-0.3, -0.25) is 4.79 Å². The third-order valence-corrected chi connectivity index (χ3v) is 2.96. The van der Waals surface area contributed by atoms with Crippen LogP contribution in [0.5, 0.6) is 5.88 Å². The van der Waals surface area contributed by atoms with Crippen LogP contribution in [0.3, 0.4) is 0 Å². The monoisotopic (exact) mass is 262 g/mol. The lowest BCUT2D eigenvalue weighted by Crippen LogP contribution is -2.30. The summed E-state index contributed by atoms with van der Waals surface area (Å²) < 4.78 is 18.5. The van der Waals surface area contributed by atoms with Gasteiger partial charge in [-0.1, -0.05) is 6.07 Å². The average Bonchev–Trinajstić information content (AvgIpc) is 2.84. The first kappa shape index (κ1) is 13.3. The van der Waals surface area contributed by atoms with E-state index in [1.165, 1.54) is 6.07 Å². The Labute approximate surface area is 111 Å². The van der Waals surface area contributed by atoms with Gasteiger partial charge in [0, 0.05) is 31.9 Å². The van der Waals surface area contributed by atoms with E-state index in [9.17, 15) is 9.18 Å². The number of carbonyl (C=O) groups is 1. The van der Waals surface area contributed by atoms with Gasteiger partial charge in [0.1, 0.15) is 6.10 Å². The summed E-state index contributed by atoms with van der Waals surface area (Å²) >= 11 is 0. The fourth-order valence-corrected chi connectivity index (χ4v) is 2.01. The Morgan fingerprint density at radius 2 is 2.47 bits per heavy atom. The van der Waals surface area contributed by atoms with Gasteiger partial charge in [0.25, 0.3) is 0 Å². The van der Waals surface area contributed by atoms with Gasteiger partial charge in [-0.25, -0.2) is 0 Å². The maximum atomic E-state index is 12.9. The highest BCUT2D eigenvalue weighted by atomic mass is 19.1. The summed E-state index contributed by atoms with van der Waals surface area (Å²) in [6.07, 6.45) is 6.53. The molecule has 1 aliphatic rings. The molecule has 4 nitrogen and oxygen atoms in total. The van der Waals surface area contributed by atoms with Gasteiger partial charge in [-0.05, 0) is 6.07 Å². The molecular weight excluding hydrogens is 247 g/mol. The highest BCUT2D eigenvalue weighted by Crippen LogP contribution is 2.17. The normalized spacial score (nSPS) is 18.1. The van der Waals surface area contributed by atoms with Gasteiger partial charge in [-0.15, -0.1) is 12.3 Å². The summed E-state index contributed by atoms with van der Waals surface area (Å²) in [5, 5.41) is 0. The van der Waals surface area contributed by atoms with E-state index in [0.717, 1.165) is 6.42 Å². The smallest absolute Gasteiger partial charge is 0.223 e. The van der Waals surface area contributed by atoms with Crippen molar-refractivity contribution in [3.63, 3.8) is 0 Å². The second-order valence-corrected chi connectivity index (χ2v) is 4.37. The molecule has 0 radical (unpaired) electrons. The van der Waals surface area contributed by atoms with Crippen molar-refractivity contribution in [2.75, 3.05) is 13.1 Å². The van der Waals surface area contributed by atoms with Gasteiger partial charge in [0.2, 0.25) is 17.7 Å². The van der Waals surface area contributed by atoms with Crippen LogP contribution in [0.25, 0.3) is 0 Å². The number of halogens is 1. The second-order valence-electron chi connectivity index (χ2n) is 4.37. The lowest BCUT2D eigenvalue weighted by atomic mass is 10.3. The molecule has 2 rings (SSSR count). The Kier molecular flexibility index (Phi) is 4.35. The van der Waals surface area contributed by atoms with Crippen molar-refractivity contribution in [3.8, 4) is 18.2 Å². The van der Waals surface area contributed by atoms with Crippen LogP contribution >= 0.6 is 0 Å². The van der Waals surface area contributed by atoms with E-state index in [-0.39, 0.29) is 17.9 Å². The third kappa shape index (κ3) is 3.68. The van der Waals surface area contributed by atoms with Crippen LogP contribution in [-0.4, -0.2) is 35.0 Å². The number of rotatable bonds is 4. The van der Waals surface area contributed by atoms with E-state index in [2.05, 4.69) is 10.9 Å². The molecular formula is C14H15FN2O2. The Hall–Kier alpha value is -2.09. The minimum Gasteiger partial charge on any atom is -0.472 e. The van der Waals surface area contributed by atoms with Crippen LogP contribution in [0.4, 0.5) is 4.39 Å². The number of terminal acetylenes is 1. The van der Waals surface area contributed by atoms with Crippen LogP contribution in [0.2, 0.25) is 0 Å². The maximum Gasteiger partial charge on any atom is 0.223 e. The minimum absolute atomic E-state index is 0.0382. The van der Waals surface area contributed by atoms with E-state index >= 15 is 0 Å². The van der Waals surface area contributed by atoms with Crippen molar-refractivity contribution in [2.24, 2.45) is 0 Å². The van der Waals surface area contributed by atoms with Gasteiger partial charge >= 0.3 is 0 Å². The standard InChI is InChI=1S/C14H15FN2O2/c1-2-3-7-14(18)17-9-8-11(10-17)19-13-6-4-5-12(15)16-13/h1,4-6,11H,3,7-10H2. The fraction of sp³-hybridized carbons (Fsp3) is 0.429. The number of hydrogen-bond acceptors (Lipinski definition) is 3. The lowest BCUT2D eigenvalue weighted by Gasteiger charge is -2.16. The molecule has 2 heterocycles. The lowest BCUT2D eigenvalue weighted by molar-refractivity contribution is -0.130. The average molecular weight is 262 g/mol. The van der Waals surface area contributed by atoms with Gasteiger partial charge in [0.15, 0.2) is 0 Å². The van der Waals surface area contributed by atoms with E-state index in [4.69, 9.17) is 11.2 Å². The molecule has 0 saturated carbocycles. The van der Waals surface area contributed by atoms with Gasteiger partial charge in [-0.2, -0.15) is 9.37 Å². The van der Waals surface area contributed by atoms with Crippen molar-refractivity contribution in [2.45, 2.75) is 25.4 Å². The molecule has 1 atom stereocenters. The van der Waals surface area contributed by atoms with Crippen LogP contribution < -0.4 is 4.74 Å². The summed E-state index contributed by atoms with van der Waals surface area (Å²) in [4.78, 5) is 17.1. The van der Waals surface area contributed by atoms with Crippen molar-refractivity contribution in [1.82, 2.24) is 9.88 Å². The number of carbonyl (C=O) groups excluding carboxylic acids is 1. The van der Waals surface area contributed by atoms with E-state index in [0.29, 0.717) is 25.9 Å². The van der Waals surface area contributed by atoms with Crippen LogP contribution in [0.15, 0.2) is 18.2 Å². The number of aromatic nitrogens is 1. The predicted octanol–water partition coefficient (Wildman–Crippen LogP) is 1.61. The zero-order valence-corrected chi connectivity index (χ0v) is 10.5. The second kappa shape index (κ2) is 6.19. The summed E-state index contributed by atoms with van der Waals surface area (Å²) in [5.74, 6) is 2.17. The Morgan fingerprint density at radius 3 is 3.21 bits per heavy atom. The van der Waals surface area contributed by atoms with Crippen LogP contribution in [0, 0.1) is 18.3 Å². The number of pyridine rings is 1. The molecule has 100 valence electrons.